The normalized spacial score (nSPS) is 11.2. The fraction of sp³-hybridized carbons (Fsp3) is 0.222. The maximum absolute atomic E-state index is 12.3. The Morgan fingerprint density at radius 3 is 2.52 bits per heavy atom. The van der Waals surface area contributed by atoms with Crippen LogP contribution in [0.1, 0.15) is 19.4 Å². The zero-order chi connectivity index (χ0) is 16.7. The average Bonchev–Trinajstić information content (AvgIpc) is 2.57. The van der Waals surface area contributed by atoms with Crippen molar-refractivity contribution in [1.82, 2.24) is 0 Å². The van der Waals surface area contributed by atoms with E-state index in [1.54, 1.807) is 43.3 Å². The third-order valence-electron chi connectivity index (χ3n) is 3.13. The van der Waals surface area contributed by atoms with Crippen molar-refractivity contribution < 1.29 is 14.3 Å². The summed E-state index contributed by atoms with van der Waals surface area (Å²) in [5.41, 5.74) is 0.872. The first-order valence-corrected chi connectivity index (χ1v) is 7.34. The van der Waals surface area contributed by atoms with Gasteiger partial charge in [0, 0.05) is 0 Å². The van der Waals surface area contributed by atoms with Crippen molar-refractivity contribution >= 4 is 11.6 Å². The first-order chi connectivity index (χ1) is 11.2. The number of amides is 1. The second kappa shape index (κ2) is 7.85. The Morgan fingerprint density at radius 2 is 1.83 bits per heavy atom. The predicted molar refractivity (Wildman–Crippen MR) is 87.5 cm³/mol. The molecule has 1 N–H and O–H groups in total. The highest BCUT2D eigenvalue weighted by Crippen LogP contribution is 2.27. The molecule has 0 saturated carbocycles. The van der Waals surface area contributed by atoms with Crippen molar-refractivity contribution in [2.45, 2.75) is 20.0 Å². The molecule has 5 nitrogen and oxygen atoms in total. The Hall–Kier alpha value is -3.00. The summed E-state index contributed by atoms with van der Waals surface area (Å²) in [4.78, 5) is 12.3. The molecule has 0 aromatic heterocycles. The van der Waals surface area contributed by atoms with E-state index in [9.17, 15) is 4.79 Å². The molecule has 0 aliphatic rings. The zero-order valence-electron chi connectivity index (χ0n) is 13.1. The van der Waals surface area contributed by atoms with E-state index in [1.165, 1.54) is 0 Å². The lowest BCUT2D eigenvalue weighted by Crippen LogP contribution is -2.30. The summed E-state index contributed by atoms with van der Waals surface area (Å²) in [6, 6.07) is 16.0. The summed E-state index contributed by atoms with van der Waals surface area (Å²) in [6.45, 7) is 4.04. The van der Waals surface area contributed by atoms with E-state index in [1.807, 2.05) is 25.1 Å². The molecule has 1 atom stereocenters. The number of rotatable bonds is 6. The van der Waals surface area contributed by atoms with Crippen LogP contribution in [-0.4, -0.2) is 18.6 Å². The molecule has 0 bridgehead atoms. The van der Waals surface area contributed by atoms with Gasteiger partial charge in [-0.05, 0) is 38.1 Å². The molecule has 0 spiro atoms. The Morgan fingerprint density at radius 1 is 1.17 bits per heavy atom. The second-order valence-corrected chi connectivity index (χ2v) is 4.79. The van der Waals surface area contributed by atoms with Gasteiger partial charge in [0.15, 0.2) is 17.6 Å². The summed E-state index contributed by atoms with van der Waals surface area (Å²) in [5, 5.41) is 11.8. The lowest BCUT2D eigenvalue weighted by molar-refractivity contribution is -0.122. The molecule has 0 saturated heterocycles. The Labute approximate surface area is 135 Å². The fourth-order valence-corrected chi connectivity index (χ4v) is 1.99. The van der Waals surface area contributed by atoms with Crippen molar-refractivity contribution in [2.75, 3.05) is 11.9 Å². The maximum atomic E-state index is 12.3. The topological polar surface area (TPSA) is 71.3 Å². The Kier molecular flexibility index (Phi) is 5.59. The average molecular weight is 310 g/mol. The number of nitrogens with one attached hydrogen (secondary N) is 1. The second-order valence-electron chi connectivity index (χ2n) is 4.79. The van der Waals surface area contributed by atoms with Gasteiger partial charge in [-0.2, -0.15) is 5.26 Å². The van der Waals surface area contributed by atoms with Crippen molar-refractivity contribution in [1.29, 1.82) is 5.26 Å². The molecule has 2 aromatic rings. The molecule has 1 amide bonds. The number of ether oxygens (including phenoxy) is 2. The van der Waals surface area contributed by atoms with Gasteiger partial charge in [-0.3, -0.25) is 4.79 Å². The number of nitriles is 1. The molecule has 23 heavy (non-hydrogen) atoms. The van der Waals surface area contributed by atoms with Crippen LogP contribution < -0.4 is 14.8 Å². The molecule has 0 unspecified atom stereocenters. The van der Waals surface area contributed by atoms with Crippen molar-refractivity contribution in [3.8, 4) is 17.6 Å². The number of para-hydroxylation sites is 3. The van der Waals surface area contributed by atoms with E-state index >= 15 is 0 Å². The number of carbonyl (C=O) groups is 1. The molecule has 0 fully saturated rings. The molecule has 0 aliphatic carbocycles. The zero-order valence-corrected chi connectivity index (χ0v) is 13.1. The molecular weight excluding hydrogens is 292 g/mol. The maximum Gasteiger partial charge on any atom is 0.265 e. The van der Waals surface area contributed by atoms with Gasteiger partial charge in [0.1, 0.15) is 6.07 Å². The molecule has 2 aromatic carbocycles. The van der Waals surface area contributed by atoms with Crippen molar-refractivity contribution in [3.05, 3.63) is 54.1 Å². The predicted octanol–water partition coefficient (Wildman–Crippen LogP) is 3.36. The third kappa shape index (κ3) is 4.24. The minimum atomic E-state index is -0.733. The summed E-state index contributed by atoms with van der Waals surface area (Å²) in [7, 11) is 0. The molecule has 5 heteroatoms. The standard InChI is InChI=1S/C18H18N2O3/c1-3-22-16-10-6-7-11-17(16)23-13(2)18(21)20-15-9-5-4-8-14(15)12-19/h4-11,13H,3H2,1-2H3,(H,20,21)/t13-/m1/s1. The van der Waals surface area contributed by atoms with Crippen molar-refractivity contribution in [2.24, 2.45) is 0 Å². The van der Waals surface area contributed by atoms with Crippen LogP contribution in [0.15, 0.2) is 48.5 Å². The monoisotopic (exact) mass is 310 g/mol. The van der Waals surface area contributed by atoms with Gasteiger partial charge in [-0.25, -0.2) is 0 Å². The lowest BCUT2D eigenvalue weighted by Gasteiger charge is -2.17. The minimum absolute atomic E-state index is 0.334. The third-order valence-corrected chi connectivity index (χ3v) is 3.13. The van der Waals surface area contributed by atoms with Crippen LogP contribution >= 0.6 is 0 Å². The van der Waals surface area contributed by atoms with Gasteiger partial charge in [-0.1, -0.05) is 24.3 Å². The highest BCUT2D eigenvalue weighted by molar-refractivity contribution is 5.95. The van der Waals surface area contributed by atoms with E-state index in [-0.39, 0.29) is 5.91 Å². The number of hydrogen-bond donors (Lipinski definition) is 1. The summed E-state index contributed by atoms with van der Waals surface area (Å²) in [5.74, 6) is 0.761. The lowest BCUT2D eigenvalue weighted by atomic mass is 10.2. The van der Waals surface area contributed by atoms with Gasteiger partial charge >= 0.3 is 0 Å². The first kappa shape index (κ1) is 16.4. The van der Waals surface area contributed by atoms with Gasteiger partial charge in [0.2, 0.25) is 0 Å². The van der Waals surface area contributed by atoms with E-state index in [0.29, 0.717) is 29.4 Å². The number of nitrogens with zero attached hydrogens (tertiary/aromatic N) is 1. The number of anilines is 1. The summed E-state index contributed by atoms with van der Waals surface area (Å²) in [6.07, 6.45) is -0.733. The van der Waals surface area contributed by atoms with E-state index < -0.39 is 6.10 Å². The summed E-state index contributed by atoms with van der Waals surface area (Å²) < 4.78 is 11.2. The SMILES string of the molecule is CCOc1ccccc1O[C@H](C)C(=O)Nc1ccccc1C#N. The highest BCUT2D eigenvalue weighted by Gasteiger charge is 2.18. The quantitative estimate of drug-likeness (QED) is 0.888. The van der Waals surface area contributed by atoms with E-state index in [0.717, 1.165) is 0 Å². The number of carbonyl (C=O) groups excluding carboxylic acids is 1. The largest absolute Gasteiger partial charge is 0.490 e. The molecule has 0 heterocycles. The number of benzene rings is 2. The van der Waals surface area contributed by atoms with Gasteiger partial charge < -0.3 is 14.8 Å². The molecule has 0 radical (unpaired) electrons. The van der Waals surface area contributed by atoms with Crippen LogP contribution in [0.3, 0.4) is 0 Å². The van der Waals surface area contributed by atoms with Crippen LogP contribution in [0.4, 0.5) is 5.69 Å². The van der Waals surface area contributed by atoms with E-state index in [2.05, 4.69) is 5.32 Å². The minimum Gasteiger partial charge on any atom is -0.490 e. The van der Waals surface area contributed by atoms with Crippen LogP contribution in [0.5, 0.6) is 11.5 Å². The van der Waals surface area contributed by atoms with Crippen LogP contribution in [-0.2, 0) is 4.79 Å². The van der Waals surface area contributed by atoms with Crippen molar-refractivity contribution in [3.63, 3.8) is 0 Å². The van der Waals surface area contributed by atoms with Gasteiger partial charge in [0.25, 0.3) is 5.91 Å². The van der Waals surface area contributed by atoms with Crippen LogP contribution in [0.2, 0.25) is 0 Å². The molecular formula is C18H18N2O3. The smallest absolute Gasteiger partial charge is 0.265 e. The van der Waals surface area contributed by atoms with E-state index in [4.69, 9.17) is 14.7 Å². The van der Waals surface area contributed by atoms with Gasteiger partial charge in [0.05, 0.1) is 17.9 Å². The summed E-state index contributed by atoms with van der Waals surface area (Å²) >= 11 is 0. The molecule has 0 aliphatic heterocycles. The van der Waals surface area contributed by atoms with Crippen LogP contribution in [0.25, 0.3) is 0 Å². The van der Waals surface area contributed by atoms with Gasteiger partial charge in [-0.15, -0.1) is 0 Å². The Bertz CT molecular complexity index is 722. The first-order valence-electron chi connectivity index (χ1n) is 7.34. The number of hydrogen-bond acceptors (Lipinski definition) is 4. The molecule has 2 rings (SSSR count). The Balaban J connectivity index is 2.08. The molecule has 118 valence electrons. The highest BCUT2D eigenvalue weighted by atomic mass is 16.5. The van der Waals surface area contributed by atoms with Crippen LogP contribution in [0, 0.1) is 11.3 Å². The fourth-order valence-electron chi connectivity index (χ4n) is 1.99.